The molecule has 0 fully saturated rings. The maximum Gasteiger partial charge on any atom is 0.275 e. The van der Waals surface area contributed by atoms with Crippen LogP contribution in [0.4, 0.5) is 0 Å². The van der Waals surface area contributed by atoms with Gasteiger partial charge in [-0.05, 0) is 18.7 Å². The molecule has 6 heteroatoms. The Kier molecular flexibility index (Phi) is 5.41. The van der Waals surface area contributed by atoms with Crippen LogP contribution in [0.2, 0.25) is 0 Å². The van der Waals surface area contributed by atoms with Gasteiger partial charge in [0.15, 0.2) is 0 Å². The number of nitrogens with zero attached hydrogens (tertiary/aromatic N) is 1. The first kappa shape index (κ1) is 13.1. The Balaban J connectivity index is 2.60. The number of amides is 1. The first-order valence-electron chi connectivity index (χ1n) is 5.14. The van der Waals surface area contributed by atoms with Crippen molar-refractivity contribution in [3.8, 4) is 0 Å². The van der Waals surface area contributed by atoms with Crippen molar-refractivity contribution in [3.63, 3.8) is 0 Å². The van der Waals surface area contributed by atoms with Gasteiger partial charge in [-0.15, -0.1) is 11.3 Å². The van der Waals surface area contributed by atoms with E-state index < -0.39 is 0 Å². The van der Waals surface area contributed by atoms with Crippen LogP contribution in [-0.4, -0.2) is 35.6 Å². The van der Waals surface area contributed by atoms with Crippen LogP contribution in [0, 0.1) is 0 Å². The molecule has 1 heterocycles. The van der Waals surface area contributed by atoms with Crippen molar-refractivity contribution in [3.05, 3.63) is 21.9 Å². The van der Waals surface area contributed by atoms with Crippen LogP contribution in [0.5, 0.6) is 0 Å². The molecule has 1 amide bonds. The number of aliphatic hydroxyl groups excluding tert-OH is 1. The zero-order valence-corrected chi connectivity index (χ0v) is 10.1. The molecule has 90 valence electrons. The third-order valence-corrected chi connectivity index (χ3v) is 3.33. The third-order valence-electron chi connectivity index (χ3n) is 2.26. The second-order valence-electron chi connectivity index (χ2n) is 3.33. The largest absolute Gasteiger partial charge is 0.395 e. The van der Waals surface area contributed by atoms with E-state index in [1.807, 2.05) is 13.0 Å². The van der Waals surface area contributed by atoms with Crippen molar-refractivity contribution in [2.45, 2.75) is 13.5 Å². The molecule has 0 saturated carbocycles. The molecule has 0 unspecified atom stereocenters. The molecule has 0 spiro atoms. The number of hydrogen-bond acceptors (Lipinski definition) is 5. The molecular weight excluding hydrogens is 226 g/mol. The van der Waals surface area contributed by atoms with Gasteiger partial charge in [-0.25, -0.2) is 5.84 Å². The molecule has 1 rings (SSSR count). The Morgan fingerprint density at radius 2 is 2.38 bits per heavy atom. The number of rotatable bonds is 6. The van der Waals surface area contributed by atoms with Crippen molar-refractivity contribution in [1.82, 2.24) is 10.3 Å². The van der Waals surface area contributed by atoms with Crippen molar-refractivity contribution in [1.29, 1.82) is 0 Å². The summed E-state index contributed by atoms with van der Waals surface area (Å²) in [5.74, 6) is 4.79. The monoisotopic (exact) mass is 243 g/mol. The predicted molar refractivity (Wildman–Crippen MR) is 64.0 cm³/mol. The van der Waals surface area contributed by atoms with Gasteiger partial charge in [-0.2, -0.15) is 0 Å². The van der Waals surface area contributed by atoms with Gasteiger partial charge < -0.3 is 5.11 Å². The minimum Gasteiger partial charge on any atom is -0.395 e. The lowest BCUT2D eigenvalue weighted by Gasteiger charge is -2.17. The number of nitrogen functional groups attached to an aromatic ring is 1. The number of hydrogen-bond donors (Lipinski definition) is 3. The van der Waals surface area contributed by atoms with Crippen LogP contribution < -0.4 is 11.3 Å². The van der Waals surface area contributed by atoms with Crippen molar-refractivity contribution >= 4 is 17.2 Å². The second kappa shape index (κ2) is 6.59. The van der Waals surface area contributed by atoms with Crippen LogP contribution >= 0.6 is 11.3 Å². The normalized spacial score (nSPS) is 10.8. The number of nitrogens with one attached hydrogen (secondary N) is 1. The summed E-state index contributed by atoms with van der Waals surface area (Å²) in [4.78, 5) is 15.0. The van der Waals surface area contributed by atoms with E-state index in [-0.39, 0.29) is 12.5 Å². The number of nitrogens with two attached hydrogens (primary N) is 1. The highest BCUT2D eigenvalue weighted by atomic mass is 32.1. The summed E-state index contributed by atoms with van der Waals surface area (Å²) in [6.45, 7) is 4.45. The average Bonchev–Trinajstić information content (AvgIpc) is 2.76. The van der Waals surface area contributed by atoms with Crippen LogP contribution in [0.25, 0.3) is 0 Å². The number of carbonyl (C=O) groups excluding carboxylic acids is 1. The van der Waals surface area contributed by atoms with Crippen LogP contribution in [0.1, 0.15) is 21.5 Å². The molecule has 0 bridgehead atoms. The number of aliphatic hydroxyl groups is 1. The van der Waals surface area contributed by atoms with E-state index in [1.54, 1.807) is 6.07 Å². The van der Waals surface area contributed by atoms with Gasteiger partial charge >= 0.3 is 0 Å². The number of hydrazine groups is 1. The lowest BCUT2D eigenvalue weighted by molar-refractivity contribution is 0.0957. The number of likely N-dealkylation sites (N-methyl/N-ethyl adjacent to an activating group) is 1. The minimum atomic E-state index is -0.263. The summed E-state index contributed by atoms with van der Waals surface area (Å²) >= 11 is 1.42. The Hall–Kier alpha value is -0.950. The average molecular weight is 243 g/mol. The molecule has 16 heavy (non-hydrogen) atoms. The standard InChI is InChI=1S/C10H17N3O2S/c1-2-13(5-6-14)7-8-3-4-9(16-8)10(15)12-11/h3-4,14H,2,5-7,11H2,1H3,(H,12,15). The predicted octanol–water partition coefficient (Wildman–Crippen LogP) is 0.166. The van der Waals surface area contributed by atoms with Gasteiger partial charge in [0.1, 0.15) is 0 Å². The number of carbonyl (C=O) groups is 1. The topological polar surface area (TPSA) is 78.6 Å². The van der Waals surface area contributed by atoms with E-state index >= 15 is 0 Å². The molecule has 4 N–H and O–H groups in total. The summed E-state index contributed by atoms with van der Waals surface area (Å²) in [6, 6.07) is 3.67. The molecule has 0 aromatic carbocycles. The van der Waals surface area contributed by atoms with E-state index in [1.165, 1.54) is 11.3 Å². The quantitative estimate of drug-likeness (QED) is 0.378. The minimum absolute atomic E-state index is 0.148. The fourth-order valence-corrected chi connectivity index (χ4v) is 2.32. The highest BCUT2D eigenvalue weighted by Crippen LogP contribution is 2.17. The Morgan fingerprint density at radius 3 is 2.94 bits per heavy atom. The van der Waals surface area contributed by atoms with Crippen molar-refractivity contribution in [2.75, 3.05) is 19.7 Å². The zero-order chi connectivity index (χ0) is 12.0. The smallest absolute Gasteiger partial charge is 0.275 e. The van der Waals surface area contributed by atoms with Gasteiger partial charge in [0.2, 0.25) is 0 Å². The first-order chi connectivity index (χ1) is 7.71. The first-order valence-corrected chi connectivity index (χ1v) is 5.95. The van der Waals surface area contributed by atoms with Crippen molar-refractivity contribution < 1.29 is 9.90 Å². The van der Waals surface area contributed by atoms with Crippen LogP contribution in [-0.2, 0) is 6.54 Å². The number of thiophene rings is 1. The van der Waals surface area contributed by atoms with Gasteiger partial charge in [0, 0.05) is 18.0 Å². The lowest BCUT2D eigenvalue weighted by Crippen LogP contribution is -2.29. The van der Waals surface area contributed by atoms with E-state index in [0.29, 0.717) is 11.4 Å². The summed E-state index contributed by atoms with van der Waals surface area (Å²) in [5, 5.41) is 8.86. The molecule has 0 aliphatic carbocycles. The molecular formula is C10H17N3O2S. The molecule has 0 radical (unpaired) electrons. The lowest BCUT2D eigenvalue weighted by atomic mass is 10.4. The van der Waals surface area contributed by atoms with E-state index in [9.17, 15) is 4.79 Å². The molecule has 1 aromatic heterocycles. The maximum atomic E-state index is 11.2. The van der Waals surface area contributed by atoms with Crippen molar-refractivity contribution in [2.24, 2.45) is 5.84 Å². The molecule has 5 nitrogen and oxygen atoms in total. The molecule has 0 atom stereocenters. The Labute approximate surface area is 98.8 Å². The van der Waals surface area contributed by atoms with Crippen LogP contribution in [0.3, 0.4) is 0 Å². The molecule has 0 aliphatic heterocycles. The van der Waals surface area contributed by atoms with Gasteiger partial charge in [0.05, 0.1) is 11.5 Å². The fraction of sp³-hybridized carbons (Fsp3) is 0.500. The van der Waals surface area contributed by atoms with Gasteiger partial charge in [-0.3, -0.25) is 15.1 Å². The van der Waals surface area contributed by atoms with Gasteiger partial charge in [0.25, 0.3) is 5.91 Å². The van der Waals surface area contributed by atoms with E-state index in [4.69, 9.17) is 10.9 Å². The second-order valence-corrected chi connectivity index (χ2v) is 4.50. The molecule has 1 aromatic rings. The summed E-state index contributed by atoms with van der Waals surface area (Å²) < 4.78 is 0. The molecule has 0 saturated heterocycles. The van der Waals surface area contributed by atoms with Gasteiger partial charge in [-0.1, -0.05) is 6.92 Å². The third kappa shape index (κ3) is 3.57. The zero-order valence-electron chi connectivity index (χ0n) is 9.27. The highest BCUT2D eigenvalue weighted by Gasteiger charge is 2.09. The SMILES string of the molecule is CCN(CCO)Cc1ccc(C(=O)NN)s1. The summed E-state index contributed by atoms with van der Waals surface area (Å²) in [7, 11) is 0. The summed E-state index contributed by atoms with van der Waals surface area (Å²) in [6.07, 6.45) is 0. The fourth-order valence-electron chi connectivity index (χ4n) is 1.37. The van der Waals surface area contributed by atoms with E-state index in [0.717, 1.165) is 18.0 Å². The highest BCUT2D eigenvalue weighted by molar-refractivity contribution is 7.14. The molecule has 0 aliphatic rings. The Morgan fingerprint density at radius 1 is 1.62 bits per heavy atom. The van der Waals surface area contributed by atoms with Crippen LogP contribution in [0.15, 0.2) is 12.1 Å². The Bertz CT molecular complexity index is 341. The van der Waals surface area contributed by atoms with E-state index in [2.05, 4.69) is 10.3 Å². The maximum absolute atomic E-state index is 11.2. The summed E-state index contributed by atoms with van der Waals surface area (Å²) in [5.41, 5.74) is 2.10.